The van der Waals surface area contributed by atoms with Crippen molar-refractivity contribution in [2.45, 2.75) is 18.7 Å². The summed E-state index contributed by atoms with van der Waals surface area (Å²) in [6.45, 7) is 0. The van der Waals surface area contributed by atoms with Crippen molar-refractivity contribution in [3.63, 3.8) is 0 Å². The minimum atomic E-state index is -4.76. The van der Waals surface area contributed by atoms with Crippen molar-refractivity contribution >= 4 is 15.9 Å². The van der Waals surface area contributed by atoms with Gasteiger partial charge in [-0.15, -0.1) is 0 Å². The molecule has 1 heterocycles. The second kappa shape index (κ2) is 5.49. The number of hydrogen-bond donors (Lipinski definition) is 1. The van der Waals surface area contributed by atoms with E-state index in [1.165, 1.54) is 12.1 Å². The van der Waals surface area contributed by atoms with E-state index >= 15 is 0 Å². The molecule has 9 heteroatoms. The van der Waals surface area contributed by atoms with Gasteiger partial charge in [-0.2, -0.15) is 18.2 Å². The molecule has 0 radical (unpaired) electrons. The molecule has 0 spiro atoms. The second-order valence-corrected chi connectivity index (χ2v) is 4.76. The first kappa shape index (κ1) is 14.9. The Morgan fingerprint density at radius 3 is 2.65 bits per heavy atom. The Labute approximate surface area is 118 Å². The summed E-state index contributed by atoms with van der Waals surface area (Å²) in [5, 5.41) is 12.4. The van der Waals surface area contributed by atoms with E-state index in [0.717, 1.165) is 6.07 Å². The summed E-state index contributed by atoms with van der Waals surface area (Å²) in [4.78, 5) is 3.72. The largest absolute Gasteiger partial charge is 0.414 e. The van der Waals surface area contributed by atoms with Crippen molar-refractivity contribution in [1.82, 2.24) is 10.1 Å². The summed E-state index contributed by atoms with van der Waals surface area (Å²) in [6, 6.07) is 3.87. The molecule has 108 valence electrons. The van der Waals surface area contributed by atoms with Crippen molar-refractivity contribution in [3.8, 4) is 11.4 Å². The van der Waals surface area contributed by atoms with Gasteiger partial charge in [-0.1, -0.05) is 5.16 Å². The number of nitrogens with zero attached hydrogens (tertiary/aromatic N) is 2. The van der Waals surface area contributed by atoms with Crippen LogP contribution in [0.5, 0.6) is 0 Å². The van der Waals surface area contributed by atoms with Crippen LogP contribution < -0.4 is 0 Å². The first-order valence-electron chi connectivity index (χ1n) is 5.30. The molecule has 20 heavy (non-hydrogen) atoms. The van der Waals surface area contributed by atoms with E-state index < -0.39 is 24.5 Å². The van der Waals surface area contributed by atoms with Crippen molar-refractivity contribution < 1.29 is 27.2 Å². The van der Waals surface area contributed by atoms with Crippen molar-refractivity contribution in [2.75, 3.05) is 0 Å². The predicted octanol–water partition coefficient (Wildman–Crippen LogP) is 3.10. The first-order valence-corrected chi connectivity index (χ1v) is 6.09. The SMILES string of the molecule is OC(Cc1nc(-c2ccc(F)c(Br)c2)no1)C(F)(F)F. The van der Waals surface area contributed by atoms with E-state index in [1.807, 2.05) is 0 Å². The minimum absolute atomic E-state index is 0.00933. The predicted molar refractivity (Wildman–Crippen MR) is 63.2 cm³/mol. The minimum Gasteiger partial charge on any atom is -0.383 e. The van der Waals surface area contributed by atoms with Crippen LogP contribution in [0.4, 0.5) is 17.6 Å². The molecule has 0 bridgehead atoms. The van der Waals surface area contributed by atoms with Gasteiger partial charge in [0, 0.05) is 5.56 Å². The van der Waals surface area contributed by atoms with Gasteiger partial charge in [0.2, 0.25) is 11.7 Å². The van der Waals surface area contributed by atoms with Crippen LogP contribution in [0.25, 0.3) is 11.4 Å². The molecule has 1 aromatic heterocycles. The average Bonchev–Trinajstić information content (AvgIpc) is 2.80. The third-order valence-electron chi connectivity index (χ3n) is 2.39. The molecule has 0 saturated carbocycles. The summed E-state index contributed by atoms with van der Waals surface area (Å²) in [7, 11) is 0. The summed E-state index contributed by atoms with van der Waals surface area (Å²) < 4.78 is 54.4. The Bertz CT molecular complexity index is 615. The van der Waals surface area contributed by atoms with Gasteiger partial charge in [0.25, 0.3) is 0 Å². The number of benzene rings is 1. The lowest BCUT2D eigenvalue weighted by Crippen LogP contribution is -2.30. The summed E-state index contributed by atoms with van der Waals surface area (Å²) >= 11 is 2.97. The average molecular weight is 355 g/mol. The molecule has 2 aromatic rings. The van der Waals surface area contributed by atoms with Crippen LogP contribution in [0.15, 0.2) is 27.2 Å². The molecule has 2 rings (SSSR count). The maximum absolute atomic E-state index is 13.1. The molecule has 1 aromatic carbocycles. The van der Waals surface area contributed by atoms with Gasteiger partial charge in [-0.3, -0.25) is 0 Å². The Balaban J connectivity index is 2.18. The van der Waals surface area contributed by atoms with E-state index in [-0.39, 0.29) is 16.2 Å². The second-order valence-electron chi connectivity index (χ2n) is 3.90. The highest BCUT2D eigenvalue weighted by molar-refractivity contribution is 9.10. The van der Waals surface area contributed by atoms with Crippen LogP contribution in [0, 0.1) is 5.82 Å². The molecular weight excluding hydrogens is 348 g/mol. The van der Waals surface area contributed by atoms with Gasteiger partial charge in [-0.25, -0.2) is 4.39 Å². The zero-order valence-corrected chi connectivity index (χ0v) is 11.2. The molecule has 0 fully saturated rings. The summed E-state index contributed by atoms with van der Waals surface area (Å²) in [6.07, 6.45) is -8.16. The van der Waals surface area contributed by atoms with Gasteiger partial charge in [-0.05, 0) is 34.1 Å². The third kappa shape index (κ3) is 3.34. The Morgan fingerprint density at radius 1 is 1.35 bits per heavy atom. The molecule has 0 amide bonds. The molecule has 0 aliphatic heterocycles. The van der Waals surface area contributed by atoms with Crippen molar-refractivity contribution in [3.05, 3.63) is 34.4 Å². The lowest BCUT2D eigenvalue weighted by molar-refractivity contribution is -0.204. The molecule has 4 nitrogen and oxygen atoms in total. The normalized spacial score (nSPS) is 13.5. The van der Waals surface area contributed by atoms with Crippen LogP contribution in [-0.2, 0) is 6.42 Å². The highest BCUT2D eigenvalue weighted by Gasteiger charge is 2.39. The van der Waals surface area contributed by atoms with E-state index in [4.69, 9.17) is 5.11 Å². The first-order chi connectivity index (χ1) is 9.27. The van der Waals surface area contributed by atoms with Gasteiger partial charge in [0.15, 0.2) is 6.10 Å². The maximum atomic E-state index is 13.1. The molecule has 0 aliphatic rings. The number of aliphatic hydroxyl groups excluding tert-OH is 1. The van der Waals surface area contributed by atoms with Gasteiger partial charge in [0.05, 0.1) is 10.9 Å². The summed E-state index contributed by atoms with van der Waals surface area (Å²) in [5.41, 5.74) is 0.370. The quantitative estimate of drug-likeness (QED) is 0.860. The molecule has 1 atom stereocenters. The topological polar surface area (TPSA) is 59.2 Å². The smallest absolute Gasteiger partial charge is 0.383 e. The molecule has 1 N–H and O–H groups in total. The highest BCUT2D eigenvalue weighted by atomic mass is 79.9. The number of aliphatic hydroxyl groups is 1. The third-order valence-corrected chi connectivity index (χ3v) is 3.00. The van der Waals surface area contributed by atoms with E-state index in [0.29, 0.717) is 5.56 Å². The molecule has 0 aliphatic carbocycles. The van der Waals surface area contributed by atoms with Gasteiger partial charge >= 0.3 is 6.18 Å². The fraction of sp³-hybridized carbons (Fsp3) is 0.273. The lowest BCUT2D eigenvalue weighted by atomic mass is 10.2. The number of halogens is 5. The number of alkyl halides is 3. The van der Waals surface area contributed by atoms with E-state index in [9.17, 15) is 17.6 Å². The van der Waals surface area contributed by atoms with Crippen LogP contribution in [0.3, 0.4) is 0 Å². The number of hydrogen-bond acceptors (Lipinski definition) is 4. The zero-order chi connectivity index (χ0) is 14.9. The summed E-state index contributed by atoms with van der Waals surface area (Å²) in [5.74, 6) is -0.842. The van der Waals surface area contributed by atoms with Crippen molar-refractivity contribution in [1.29, 1.82) is 0 Å². The highest BCUT2D eigenvalue weighted by Crippen LogP contribution is 2.25. The van der Waals surface area contributed by atoms with Crippen molar-refractivity contribution in [2.24, 2.45) is 0 Å². The van der Waals surface area contributed by atoms with Crippen LogP contribution in [0.1, 0.15) is 5.89 Å². The Hall–Kier alpha value is -1.48. The van der Waals surface area contributed by atoms with Crippen LogP contribution >= 0.6 is 15.9 Å². The number of aromatic nitrogens is 2. The standard InChI is InChI=1S/C11H7BrF4N2O2/c12-6-3-5(1-2-7(6)13)10-17-9(20-18-10)4-8(19)11(14,15)16/h1-3,8,19H,4H2. The molecule has 0 saturated heterocycles. The Morgan fingerprint density at radius 2 is 2.05 bits per heavy atom. The Kier molecular flexibility index (Phi) is 4.09. The van der Waals surface area contributed by atoms with E-state index in [2.05, 4.69) is 30.6 Å². The molecule has 1 unspecified atom stereocenters. The monoisotopic (exact) mass is 354 g/mol. The fourth-order valence-electron chi connectivity index (χ4n) is 1.37. The molecular formula is C11H7BrF4N2O2. The van der Waals surface area contributed by atoms with Gasteiger partial charge < -0.3 is 9.63 Å². The van der Waals surface area contributed by atoms with E-state index in [1.54, 1.807) is 0 Å². The zero-order valence-electron chi connectivity index (χ0n) is 9.66. The van der Waals surface area contributed by atoms with Gasteiger partial charge in [0.1, 0.15) is 5.82 Å². The fourth-order valence-corrected chi connectivity index (χ4v) is 1.75. The number of rotatable bonds is 3. The lowest BCUT2D eigenvalue weighted by Gasteiger charge is -2.11. The maximum Gasteiger partial charge on any atom is 0.414 e. The van der Waals surface area contributed by atoms with Crippen LogP contribution in [-0.4, -0.2) is 27.5 Å². The van der Waals surface area contributed by atoms with Crippen LogP contribution in [0.2, 0.25) is 0 Å².